The Hall–Kier alpha value is -3.50. The number of fused-ring (bicyclic) bond motifs is 1. The number of hydrogen-bond acceptors (Lipinski definition) is 10. The minimum atomic E-state index is 0.149. The highest BCUT2D eigenvalue weighted by molar-refractivity contribution is 5.96. The Labute approximate surface area is 237 Å². The van der Waals surface area contributed by atoms with Crippen LogP contribution in [0.4, 0.5) is 17.5 Å². The van der Waals surface area contributed by atoms with E-state index in [1.807, 2.05) is 6.07 Å². The Bertz CT molecular complexity index is 1320. The Morgan fingerprint density at radius 3 is 2.38 bits per heavy atom. The van der Waals surface area contributed by atoms with Crippen LogP contribution in [0, 0.1) is 0 Å². The second-order valence-corrected chi connectivity index (χ2v) is 11.0. The van der Waals surface area contributed by atoms with E-state index in [2.05, 4.69) is 57.0 Å². The van der Waals surface area contributed by atoms with E-state index in [1.165, 1.54) is 37.2 Å². The zero-order chi connectivity index (χ0) is 28.2. The second kappa shape index (κ2) is 12.3. The van der Waals surface area contributed by atoms with Gasteiger partial charge in [-0.05, 0) is 69.9 Å². The van der Waals surface area contributed by atoms with Crippen LogP contribution in [0.25, 0.3) is 10.9 Å². The fourth-order valence-electron chi connectivity index (χ4n) is 6.24. The van der Waals surface area contributed by atoms with Crippen molar-refractivity contribution < 1.29 is 14.2 Å². The van der Waals surface area contributed by atoms with Gasteiger partial charge >= 0.3 is 0 Å². The highest BCUT2D eigenvalue weighted by Crippen LogP contribution is 2.46. The van der Waals surface area contributed by atoms with Crippen LogP contribution in [0.1, 0.15) is 42.7 Å². The molecule has 0 aliphatic carbocycles. The van der Waals surface area contributed by atoms with Gasteiger partial charge in [-0.25, -0.2) is 4.98 Å². The molecule has 0 atom stereocenters. The van der Waals surface area contributed by atoms with Gasteiger partial charge in [-0.2, -0.15) is 4.98 Å². The molecule has 5 rings (SSSR count). The predicted octanol–water partition coefficient (Wildman–Crippen LogP) is 3.73. The fourth-order valence-corrected chi connectivity index (χ4v) is 6.24. The third-order valence-corrected chi connectivity index (χ3v) is 8.24. The molecular weight excluding hydrogens is 506 g/mol. The molecule has 4 N–H and O–H groups in total. The van der Waals surface area contributed by atoms with Crippen molar-refractivity contribution in [1.29, 1.82) is 0 Å². The van der Waals surface area contributed by atoms with Crippen LogP contribution in [0.15, 0.2) is 24.3 Å². The van der Waals surface area contributed by atoms with E-state index < -0.39 is 0 Å². The molecule has 0 unspecified atom stereocenters. The second-order valence-electron chi connectivity index (χ2n) is 11.0. The summed E-state index contributed by atoms with van der Waals surface area (Å²) >= 11 is 0. The quantitative estimate of drug-likeness (QED) is 0.388. The number of anilines is 3. The van der Waals surface area contributed by atoms with Gasteiger partial charge in [0.05, 0.1) is 25.1 Å². The molecular formula is C30H43N7O3. The molecule has 0 radical (unpaired) electrons. The maximum Gasteiger partial charge on any atom is 0.222 e. The molecule has 0 spiro atoms. The molecule has 0 saturated carbocycles. The summed E-state index contributed by atoms with van der Waals surface area (Å²) in [6.45, 7) is 6.74. The van der Waals surface area contributed by atoms with Crippen molar-refractivity contribution >= 4 is 28.4 Å². The molecule has 2 saturated heterocycles. The van der Waals surface area contributed by atoms with Gasteiger partial charge in [0.1, 0.15) is 18.2 Å². The van der Waals surface area contributed by atoms with Crippen LogP contribution in [0.2, 0.25) is 0 Å². The minimum Gasteiger partial charge on any atom is -0.493 e. The third kappa shape index (κ3) is 5.83. The third-order valence-electron chi connectivity index (χ3n) is 8.24. The Morgan fingerprint density at radius 2 is 1.70 bits per heavy atom. The van der Waals surface area contributed by atoms with Gasteiger partial charge in [-0.15, -0.1) is 0 Å². The topological polar surface area (TPSA) is 115 Å². The number of hydrogen-bond donors (Lipinski definition) is 2. The van der Waals surface area contributed by atoms with Gasteiger partial charge < -0.3 is 30.6 Å². The highest BCUT2D eigenvalue weighted by Gasteiger charge is 2.29. The van der Waals surface area contributed by atoms with Crippen molar-refractivity contribution in [3.05, 3.63) is 35.4 Å². The van der Waals surface area contributed by atoms with Crippen LogP contribution in [-0.2, 0) is 6.54 Å². The molecule has 3 aromatic rings. The van der Waals surface area contributed by atoms with Gasteiger partial charge in [0.15, 0.2) is 11.5 Å². The zero-order valence-electron chi connectivity index (χ0n) is 24.3. The van der Waals surface area contributed by atoms with Gasteiger partial charge in [0.2, 0.25) is 5.95 Å². The van der Waals surface area contributed by atoms with E-state index in [9.17, 15) is 0 Å². The number of likely N-dealkylation sites (tertiary alicyclic amines) is 2. The summed E-state index contributed by atoms with van der Waals surface area (Å²) in [5.74, 6) is 3.04. The smallest absolute Gasteiger partial charge is 0.222 e. The average Bonchev–Trinajstić information content (AvgIpc) is 3.46. The molecule has 2 aromatic carbocycles. The van der Waals surface area contributed by atoms with E-state index >= 15 is 0 Å². The Kier molecular flexibility index (Phi) is 8.66. The molecule has 10 nitrogen and oxygen atoms in total. The van der Waals surface area contributed by atoms with E-state index in [-0.39, 0.29) is 11.9 Å². The van der Waals surface area contributed by atoms with E-state index in [1.54, 1.807) is 14.2 Å². The van der Waals surface area contributed by atoms with Crippen LogP contribution >= 0.6 is 0 Å². The normalized spacial score (nSPS) is 16.9. The lowest BCUT2D eigenvalue weighted by Gasteiger charge is -2.34. The van der Waals surface area contributed by atoms with E-state index in [0.717, 1.165) is 55.7 Å². The predicted molar refractivity (Wildman–Crippen MR) is 161 cm³/mol. The number of methoxy groups -OCH3 is 2. The van der Waals surface area contributed by atoms with Gasteiger partial charge in [0, 0.05) is 50.1 Å². The molecule has 0 amide bonds. The maximum absolute atomic E-state index is 6.39. The van der Waals surface area contributed by atoms with Crippen LogP contribution < -0.4 is 30.6 Å². The summed E-state index contributed by atoms with van der Waals surface area (Å²) in [4.78, 5) is 15.9. The van der Waals surface area contributed by atoms with Crippen molar-refractivity contribution in [3.8, 4) is 17.2 Å². The van der Waals surface area contributed by atoms with Crippen molar-refractivity contribution in [3.63, 3.8) is 0 Å². The standard InChI is InChI=1S/C30H43N7O3/c1-35(2)23-8-7-9-24(40-17-16-36-12-5-6-13-36)21(23)19-37-14-10-20(11-15-37)26-27-22(33-30(32)34-29(27)31)18-25(38-3)28(26)39-4/h7-9,18,20H,5-6,10-17,19H2,1-4H3,(H4,31,32,33,34). The van der Waals surface area contributed by atoms with Gasteiger partial charge in [0.25, 0.3) is 0 Å². The monoisotopic (exact) mass is 549 g/mol. The lowest BCUT2D eigenvalue weighted by molar-refractivity contribution is 0.197. The van der Waals surface area contributed by atoms with Crippen molar-refractivity contribution in [2.75, 3.05) is 84.0 Å². The lowest BCUT2D eigenvalue weighted by Crippen LogP contribution is -2.33. The van der Waals surface area contributed by atoms with Crippen molar-refractivity contribution in [2.45, 2.75) is 38.1 Å². The number of nitrogens with two attached hydrogens (primary N) is 2. The molecule has 1 aromatic heterocycles. The van der Waals surface area contributed by atoms with Crippen molar-refractivity contribution in [1.82, 2.24) is 19.8 Å². The summed E-state index contributed by atoms with van der Waals surface area (Å²) < 4.78 is 17.9. The summed E-state index contributed by atoms with van der Waals surface area (Å²) in [5, 5.41) is 0.803. The molecule has 40 heavy (non-hydrogen) atoms. The highest BCUT2D eigenvalue weighted by atomic mass is 16.5. The van der Waals surface area contributed by atoms with Gasteiger partial charge in [-0.3, -0.25) is 9.80 Å². The number of nitrogen functional groups attached to an aromatic ring is 2. The maximum atomic E-state index is 6.39. The largest absolute Gasteiger partial charge is 0.493 e. The lowest BCUT2D eigenvalue weighted by atomic mass is 9.86. The zero-order valence-corrected chi connectivity index (χ0v) is 24.3. The molecule has 2 aliphatic rings. The van der Waals surface area contributed by atoms with Crippen LogP contribution in [0.3, 0.4) is 0 Å². The molecule has 10 heteroatoms. The average molecular weight is 550 g/mol. The SMILES string of the molecule is COc1cc2nc(N)nc(N)c2c(C2CCN(Cc3c(OCCN4CCCC4)cccc3N(C)C)CC2)c1OC. The summed E-state index contributed by atoms with van der Waals surface area (Å²) in [5.41, 5.74) is 16.4. The fraction of sp³-hybridized carbons (Fsp3) is 0.533. The van der Waals surface area contributed by atoms with Crippen molar-refractivity contribution in [2.24, 2.45) is 0 Å². The Morgan fingerprint density at radius 1 is 0.950 bits per heavy atom. The molecule has 216 valence electrons. The van der Waals surface area contributed by atoms with Gasteiger partial charge in [-0.1, -0.05) is 6.07 Å². The first-order chi connectivity index (χ1) is 19.4. The number of ether oxygens (including phenoxy) is 3. The van der Waals surface area contributed by atoms with Crippen LogP contribution in [-0.4, -0.2) is 87.4 Å². The van der Waals surface area contributed by atoms with Crippen LogP contribution in [0.5, 0.6) is 17.2 Å². The number of rotatable bonds is 10. The first kappa shape index (κ1) is 28.0. The number of piperidine rings is 1. The van der Waals surface area contributed by atoms with E-state index in [4.69, 9.17) is 25.7 Å². The number of nitrogens with zero attached hydrogens (tertiary/aromatic N) is 5. The van der Waals surface area contributed by atoms with E-state index in [0.29, 0.717) is 29.4 Å². The molecule has 3 heterocycles. The molecule has 0 bridgehead atoms. The number of benzene rings is 2. The molecule has 2 aliphatic heterocycles. The minimum absolute atomic E-state index is 0.149. The molecule has 2 fully saturated rings. The first-order valence-corrected chi connectivity index (χ1v) is 14.2. The summed E-state index contributed by atoms with van der Waals surface area (Å²) in [7, 11) is 7.49. The number of aromatic nitrogens is 2. The first-order valence-electron chi connectivity index (χ1n) is 14.2. The summed E-state index contributed by atoms with van der Waals surface area (Å²) in [6, 6.07) is 8.21. The summed E-state index contributed by atoms with van der Waals surface area (Å²) in [6.07, 6.45) is 4.47. The Balaban J connectivity index is 1.35.